The van der Waals surface area contributed by atoms with Gasteiger partial charge in [0.15, 0.2) is 11.6 Å². The zero-order valence-corrected chi connectivity index (χ0v) is 8.86. The number of hydrogen-bond donors (Lipinski definition) is 1. The van der Waals surface area contributed by atoms with Crippen molar-refractivity contribution in [3.63, 3.8) is 0 Å². The van der Waals surface area contributed by atoms with Crippen LogP contribution in [-0.2, 0) is 11.3 Å². The number of carbonyl (C=O) groups is 1. The first-order valence-corrected chi connectivity index (χ1v) is 5.01. The van der Waals surface area contributed by atoms with Gasteiger partial charge >= 0.3 is 0 Å². The van der Waals surface area contributed by atoms with Crippen LogP contribution in [0, 0.1) is 11.6 Å². The number of benzene rings is 1. The lowest BCUT2D eigenvalue weighted by Gasteiger charge is -2.06. The fourth-order valence-electron chi connectivity index (χ4n) is 1.42. The second-order valence-electron chi connectivity index (χ2n) is 3.53. The molecule has 1 N–H and O–H groups in total. The first-order valence-electron chi connectivity index (χ1n) is 5.01. The molecule has 0 bridgehead atoms. The average Bonchev–Trinajstić information content (AvgIpc) is 2.76. The van der Waals surface area contributed by atoms with Crippen molar-refractivity contribution >= 4 is 11.6 Å². The lowest BCUT2D eigenvalue weighted by Crippen LogP contribution is -2.17. The monoisotopic (exact) mass is 236 g/mol. The highest BCUT2D eigenvalue weighted by molar-refractivity contribution is 5.90. The number of rotatable bonds is 3. The van der Waals surface area contributed by atoms with E-state index in [9.17, 15) is 13.6 Å². The summed E-state index contributed by atoms with van der Waals surface area (Å²) in [6, 6.07) is 6.82. The van der Waals surface area contributed by atoms with Crippen LogP contribution in [-0.4, -0.2) is 10.5 Å². The van der Waals surface area contributed by atoms with Crippen molar-refractivity contribution in [3.8, 4) is 0 Å². The highest BCUT2D eigenvalue weighted by atomic mass is 19.2. The van der Waals surface area contributed by atoms with Crippen molar-refractivity contribution in [2.75, 3.05) is 5.32 Å². The summed E-state index contributed by atoms with van der Waals surface area (Å²) in [4.78, 5) is 11.5. The minimum atomic E-state index is -0.983. The molecular formula is C12H10F2N2O. The summed E-state index contributed by atoms with van der Waals surface area (Å²) in [6.45, 7) is 0.131. The van der Waals surface area contributed by atoms with E-state index in [0.717, 1.165) is 12.1 Å². The predicted molar refractivity (Wildman–Crippen MR) is 59.4 cm³/mol. The van der Waals surface area contributed by atoms with Crippen molar-refractivity contribution in [2.45, 2.75) is 6.54 Å². The Morgan fingerprint density at radius 1 is 1.18 bits per heavy atom. The fraction of sp³-hybridized carbons (Fsp3) is 0.0833. The Morgan fingerprint density at radius 3 is 2.53 bits per heavy atom. The van der Waals surface area contributed by atoms with Gasteiger partial charge < -0.3 is 9.88 Å². The first kappa shape index (κ1) is 11.3. The van der Waals surface area contributed by atoms with Crippen LogP contribution < -0.4 is 5.32 Å². The van der Waals surface area contributed by atoms with E-state index in [4.69, 9.17) is 0 Å². The zero-order valence-electron chi connectivity index (χ0n) is 8.86. The molecule has 0 spiro atoms. The summed E-state index contributed by atoms with van der Waals surface area (Å²) in [5.41, 5.74) is 0.237. The van der Waals surface area contributed by atoms with E-state index >= 15 is 0 Å². The molecule has 0 aliphatic rings. The second-order valence-corrected chi connectivity index (χ2v) is 3.53. The molecule has 1 aromatic heterocycles. The van der Waals surface area contributed by atoms with E-state index in [2.05, 4.69) is 5.32 Å². The normalized spacial score (nSPS) is 10.2. The van der Waals surface area contributed by atoms with Gasteiger partial charge in [-0.25, -0.2) is 8.78 Å². The largest absolute Gasteiger partial charge is 0.345 e. The van der Waals surface area contributed by atoms with Crippen molar-refractivity contribution < 1.29 is 13.6 Å². The topological polar surface area (TPSA) is 34.0 Å². The minimum absolute atomic E-state index is 0.131. The Morgan fingerprint density at radius 2 is 1.88 bits per heavy atom. The maximum absolute atomic E-state index is 12.9. The average molecular weight is 236 g/mol. The summed E-state index contributed by atoms with van der Waals surface area (Å²) < 4.78 is 27.2. The van der Waals surface area contributed by atoms with Gasteiger partial charge in [-0.15, -0.1) is 0 Å². The molecule has 17 heavy (non-hydrogen) atoms. The van der Waals surface area contributed by atoms with Crippen LogP contribution in [0.5, 0.6) is 0 Å². The first-order chi connectivity index (χ1) is 8.15. The second kappa shape index (κ2) is 4.78. The van der Waals surface area contributed by atoms with Crippen LogP contribution in [0.1, 0.15) is 0 Å². The molecule has 1 heterocycles. The van der Waals surface area contributed by atoms with Crippen molar-refractivity contribution in [2.24, 2.45) is 0 Å². The molecule has 88 valence electrons. The van der Waals surface area contributed by atoms with Gasteiger partial charge in [-0.1, -0.05) is 0 Å². The quantitative estimate of drug-likeness (QED) is 0.872. The lowest BCUT2D eigenvalue weighted by atomic mass is 10.3. The molecule has 3 nitrogen and oxygen atoms in total. The lowest BCUT2D eigenvalue weighted by molar-refractivity contribution is -0.116. The number of halogens is 2. The molecule has 1 aromatic carbocycles. The van der Waals surface area contributed by atoms with E-state index in [0.29, 0.717) is 0 Å². The number of hydrogen-bond acceptors (Lipinski definition) is 1. The Hall–Kier alpha value is -2.17. The van der Waals surface area contributed by atoms with Gasteiger partial charge in [0, 0.05) is 24.1 Å². The van der Waals surface area contributed by atoms with Crippen molar-refractivity contribution in [3.05, 3.63) is 54.4 Å². The molecule has 5 heteroatoms. The van der Waals surface area contributed by atoms with Gasteiger partial charge in [0.1, 0.15) is 6.54 Å². The maximum Gasteiger partial charge on any atom is 0.244 e. The molecule has 0 saturated carbocycles. The van der Waals surface area contributed by atoms with E-state index in [1.807, 2.05) is 0 Å². The third-order valence-electron chi connectivity index (χ3n) is 2.20. The SMILES string of the molecule is O=C(Cn1cccc1)Nc1ccc(F)c(F)c1. The number of aromatic nitrogens is 1. The number of nitrogens with one attached hydrogen (secondary N) is 1. The van der Waals surface area contributed by atoms with E-state index < -0.39 is 11.6 Å². The molecule has 2 aromatic rings. The molecular weight excluding hydrogens is 226 g/mol. The van der Waals surface area contributed by atoms with Crippen molar-refractivity contribution in [1.29, 1.82) is 0 Å². The van der Waals surface area contributed by atoms with Gasteiger partial charge in [0.25, 0.3) is 0 Å². The Bertz CT molecular complexity index is 523. The molecule has 1 amide bonds. The molecule has 0 aliphatic heterocycles. The van der Waals surface area contributed by atoms with Crippen LogP contribution in [0.4, 0.5) is 14.5 Å². The summed E-state index contributed by atoms with van der Waals surface area (Å²) in [5, 5.41) is 2.48. The number of carbonyl (C=O) groups excluding carboxylic acids is 1. The van der Waals surface area contributed by atoms with Gasteiger partial charge in [-0.3, -0.25) is 4.79 Å². The maximum atomic E-state index is 12.9. The summed E-state index contributed by atoms with van der Waals surface area (Å²) in [7, 11) is 0. The minimum Gasteiger partial charge on any atom is -0.345 e. The van der Waals surface area contributed by atoms with Gasteiger partial charge in [0.05, 0.1) is 0 Å². The molecule has 0 aliphatic carbocycles. The predicted octanol–water partition coefficient (Wildman–Crippen LogP) is 2.41. The molecule has 0 atom stereocenters. The molecule has 0 radical (unpaired) electrons. The zero-order chi connectivity index (χ0) is 12.3. The highest BCUT2D eigenvalue weighted by Crippen LogP contribution is 2.13. The third kappa shape index (κ3) is 2.90. The molecule has 2 rings (SSSR count). The van der Waals surface area contributed by atoms with Crippen LogP contribution in [0.15, 0.2) is 42.7 Å². The van der Waals surface area contributed by atoms with E-state index in [1.165, 1.54) is 6.07 Å². The third-order valence-corrected chi connectivity index (χ3v) is 2.20. The van der Waals surface area contributed by atoms with Crippen LogP contribution >= 0.6 is 0 Å². The Balaban J connectivity index is 2.00. The van der Waals surface area contributed by atoms with Crippen LogP contribution in [0.3, 0.4) is 0 Å². The fourth-order valence-corrected chi connectivity index (χ4v) is 1.42. The standard InChI is InChI=1S/C12H10F2N2O/c13-10-4-3-9(7-11(10)14)15-12(17)8-16-5-1-2-6-16/h1-7H,8H2,(H,15,17). The number of nitrogens with zero attached hydrogens (tertiary/aromatic N) is 1. The van der Waals surface area contributed by atoms with Crippen LogP contribution in [0.25, 0.3) is 0 Å². The van der Waals surface area contributed by atoms with Gasteiger partial charge in [0.2, 0.25) is 5.91 Å². The highest BCUT2D eigenvalue weighted by Gasteiger charge is 2.06. The van der Waals surface area contributed by atoms with E-state index in [-0.39, 0.29) is 18.1 Å². The van der Waals surface area contributed by atoms with Crippen LogP contribution in [0.2, 0.25) is 0 Å². The summed E-state index contributed by atoms with van der Waals surface area (Å²) in [6.07, 6.45) is 3.48. The number of amides is 1. The smallest absolute Gasteiger partial charge is 0.244 e. The molecule has 0 saturated heterocycles. The molecule has 0 fully saturated rings. The Kier molecular flexibility index (Phi) is 3.18. The van der Waals surface area contributed by atoms with Gasteiger partial charge in [-0.05, 0) is 24.3 Å². The van der Waals surface area contributed by atoms with Crippen molar-refractivity contribution in [1.82, 2.24) is 4.57 Å². The summed E-state index contributed by atoms with van der Waals surface area (Å²) in [5.74, 6) is -2.22. The summed E-state index contributed by atoms with van der Waals surface area (Å²) >= 11 is 0. The molecule has 0 unspecified atom stereocenters. The Labute approximate surface area is 96.7 Å². The van der Waals surface area contributed by atoms with E-state index in [1.54, 1.807) is 29.1 Å². The van der Waals surface area contributed by atoms with Gasteiger partial charge in [-0.2, -0.15) is 0 Å². The number of anilines is 1.